The summed E-state index contributed by atoms with van der Waals surface area (Å²) < 4.78 is 0. The minimum Gasteiger partial charge on any atom is -0.228 e. The van der Waals surface area contributed by atoms with E-state index in [2.05, 4.69) is 20.8 Å². The summed E-state index contributed by atoms with van der Waals surface area (Å²) in [4.78, 5) is 22.9. The Morgan fingerprint density at radius 1 is 0.810 bits per heavy atom. The SMILES string of the molecule is CC1CC(C)C(C)C(OOC(C)(C)C)(OOC(C)(C)C)C1. The third kappa shape index (κ3) is 5.85. The summed E-state index contributed by atoms with van der Waals surface area (Å²) in [5, 5.41) is 0. The van der Waals surface area contributed by atoms with Crippen LogP contribution in [0, 0.1) is 17.8 Å². The fraction of sp³-hybridized carbons (Fsp3) is 1.00. The number of rotatable bonds is 4. The van der Waals surface area contributed by atoms with Crippen LogP contribution in [0.5, 0.6) is 0 Å². The Hall–Kier alpha value is -0.160. The molecule has 1 aliphatic rings. The van der Waals surface area contributed by atoms with E-state index in [1.54, 1.807) is 0 Å². The highest BCUT2D eigenvalue weighted by Crippen LogP contribution is 2.45. The fourth-order valence-electron chi connectivity index (χ4n) is 2.65. The van der Waals surface area contributed by atoms with E-state index >= 15 is 0 Å². The molecule has 1 rings (SSSR count). The quantitative estimate of drug-likeness (QED) is 0.421. The summed E-state index contributed by atoms with van der Waals surface area (Å²) in [6.45, 7) is 18.4. The summed E-state index contributed by atoms with van der Waals surface area (Å²) in [6.07, 6.45) is 1.94. The van der Waals surface area contributed by atoms with Gasteiger partial charge in [-0.05, 0) is 59.8 Å². The van der Waals surface area contributed by atoms with E-state index in [4.69, 9.17) is 19.6 Å². The molecule has 4 heteroatoms. The largest absolute Gasteiger partial charge is 0.237 e. The Balaban J connectivity index is 2.91. The number of hydrogen-bond acceptors (Lipinski definition) is 4. The number of hydrogen-bond donors (Lipinski definition) is 0. The van der Waals surface area contributed by atoms with Crippen LogP contribution in [0.4, 0.5) is 0 Å². The molecule has 4 nitrogen and oxygen atoms in total. The van der Waals surface area contributed by atoms with E-state index in [0.29, 0.717) is 11.8 Å². The monoisotopic (exact) mass is 302 g/mol. The molecule has 0 amide bonds. The predicted octanol–water partition coefficient (Wildman–Crippen LogP) is 4.88. The van der Waals surface area contributed by atoms with Gasteiger partial charge >= 0.3 is 0 Å². The molecule has 0 N–H and O–H groups in total. The molecule has 1 aliphatic carbocycles. The molecule has 0 aromatic heterocycles. The molecule has 0 aromatic rings. The molecule has 0 heterocycles. The van der Waals surface area contributed by atoms with E-state index in [0.717, 1.165) is 6.42 Å². The highest BCUT2D eigenvalue weighted by molar-refractivity contribution is 4.87. The molecule has 0 spiro atoms. The molecule has 0 bridgehead atoms. The Bertz CT molecular complexity index is 309. The summed E-state index contributed by atoms with van der Waals surface area (Å²) in [5.41, 5.74) is -0.774. The minimum absolute atomic E-state index is 0.193. The van der Waals surface area contributed by atoms with Crippen LogP contribution in [0.25, 0.3) is 0 Å². The van der Waals surface area contributed by atoms with E-state index in [-0.39, 0.29) is 17.1 Å². The van der Waals surface area contributed by atoms with Gasteiger partial charge in [0.05, 0.1) is 11.2 Å². The molecular weight excluding hydrogens is 268 g/mol. The van der Waals surface area contributed by atoms with Gasteiger partial charge in [-0.15, -0.1) is 0 Å². The minimum atomic E-state index is -0.850. The molecule has 0 aliphatic heterocycles. The molecular formula is C17H34O4. The van der Waals surface area contributed by atoms with Gasteiger partial charge in [0.25, 0.3) is 0 Å². The maximum atomic E-state index is 5.84. The first kappa shape index (κ1) is 18.9. The zero-order valence-corrected chi connectivity index (χ0v) is 15.3. The first-order valence-corrected chi connectivity index (χ1v) is 8.08. The van der Waals surface area contributed by atoms with Crippen LogP contribution in [0.1, 0.15) is 75.2 Å². The van der Waals surface area contributed by atoms with Crippen molar-refractivity contribution >= 4 is 0 Å². The van der Waals surface area contributed by atoms with Crippen molar-refractivity contribution in [2.24, 2.45) is 17.8 Å². The zero-order valence-electron chi connectivity index (χ0n) is 15.3. The van der Waals surface area contributed by atoms with Gasteiger partial charge in [0, 0.05) is 12.3 Å². The second kappa shape index (κ2) is 6.53. The first-order valence-electron chi connectivity index (χ1n) is 8.08. The van der Waals surface area contributed by atoms with Crippen LogP contribution in [-0.4, -0.2) is 17.0 Å². The van der Waals surface area contributed by atoms with Crippen LogP contribution in [0.15, 0.2) is 0 Å². The van der Waals surface area contributed by atoms with Crippen molar-refractivity contribution in [1.82, 2.24) is 0 Å². The highest BCUT2D eigenvalue weighted by atomic mass is 17.3. The third-order valence-electron chi connectivity index (χ3n) is 3.82. The topological polar surface area (TPSA) is 36.9 Å². The fourth-order valence-corrected chi connectivity index (χ4v) is 2.65. The normalized spacial score (nSPS) is 30.4. The summed E-state index contributed by atoms with van der Waals surface area (Å²) in [5.74, 6) is 0.333. The molecule has 0 saturated heterocycles. The Kier molecular flexibility index (Phi) is 5.87. The van der Waals surface area contributed by atoms with Gasteiger partial charge in [0.2, 0.25) is 5.79 Å². The Labute approximate surface area is 130 Å². The maximum Gasteiger partial charge on any atom is 0.237 e. The van der Waals surface area contributed by atoms with Gasteiger partial charge in [0.1, 0.15) is 0 Å². The highest BCUT2D eigenvalue weighted by Gasteiger charge is 2.50. The smallest absolute Gasteiger partial charge is 0.228 e. The summed E-state index contributed by atoms with van der Waals surface area (Å²) in [6, 6.07) is 0. The molecule has 21 heavy (non-hydrogen) atoms. The van der Waals surface area contributed by atoms with Crippen LogP contribution >= 0.6 is 0 Å². The van der Waals surface area contributed by atoms with Gasteiger partial charge in [-0.3, -0.25) is 0 Å². The lowest BCUT2D eigenvalue weighted by Gasteiger charge is -2.46. The van der Waals surface area contributed by atoms with Crippen LogP contribution in [0.2, 0.25) is 0 Å². The second-order valence-electron chi connectivity index (χ2n) is 8.68. The van der Waals surface area contributed by atoms with Crippen molar-refractivity contribution in [3.63, 3.8) is 0 Å². The summed E-state index contributed by atoms with van der Waals surface area (Å²) in [7, 11) is 0. The second-order valence-corrected chi connectivity index (χ2v) is 8.68. The van der Waals surface area contributed by atoms with E-state index in [1.807, 2.05) is 41.5 Å². The lowest BCUT2D eigenvalue weighted by molar-refractivity contribution is -0.559. The van der Waals surface area contributed by atoms with Gasteiger partial charge < -0.3 is 0 Å². The molecule has 0 aromatic carbocycles. The third-order valence-corrected chi connectivity index (χ3v) is 3.82. The average Bonchev–Trinajstić information content (AvgIpc) is 2.28. The summed E-state index contributed by atoms with van der Waals surface area (Å²) >= 11 is 0. The molecule has 0 radical (unpaired) electrons. The van der Waals surface area contributed by atoms with Crippen molar-refractivity contribution in [3.8, 4) is 0 Å². The van der Waals surface area contributed by atoms with Crippen molar-refractivity contribution in [2.75, 3.05) is 0 Å². The van der Waals surface area contributed by atoms with Crippen LogP contribution < -0.4 is 0 Å². The van der Waals surface area contributed by atoms with Crippen LogP contribution in [-0.2, 0) is 19.6 Å². The van der Waals surface area contributed by atoms with Crippen LogP contribution in [0.3, 0.4) is 0 Å². The van der Waals surface area contributed by atoms with Gasteiger partial charge in [0.15, 0.2) is 0 Å². The molecule has 3 unspecified atom stereocenters. The predicted molar refractivity (Wildman–Crippen MR) is 83.3 cm³/mol. The standard InChI is InChI=1S/C17H34O4/c1-12-10-13(2)14(3)17(11-12,20-18-15(4,5)6)21-19-16(7,8)9/h12-14H,10-11H2,1-9H3. The Morgan fingerprint density at radius 3 is 1.62 bits per heavy atom. The van der Waals surface area contributed by atoms with Crippen molar-refractivity contribution < 1.29 is 19.6 Å². The lowest BCUT2D eigenvalue weighted by Crippen LogP contribution is -2.52. The van der Waals surface area contributed by atoms with Gasteiger partial charge in [-0.1, -0.05) is 20.8 Å². The lowest BCUT2D eigenvalue weighted by atomic mass is 9.72. The zero-order chi connectivity index (χ0) is 16.5. The molecule has 1 fully saturated rings. The van der Waals surface area contributed by atoms with E-state index < -0.39 is 5.79 Å². The Morgan fingerprint density at radius 2 is 1.24 bits per heavy atom. The van der Waals surface area contributed by atoms with Crippen molar-refractivity contribution in [1.29, 1.82) is 0 Å². The van der Waals surface area contributed by atoms with Crippen molar-refractivity contribution in [2.45, 2.75) is 92.1 Å². The maximum absolute atomic E-state index is 5.84. The van der Waals surface area contributed by atoms with Crippen molar-refractivity contribution in [3.05, 3.63) is 0 Å². The van der Waals surface area contributed by atoms with Gasteiger partial charge in [-0.25, -0.2) is 9.78 Å². The molecule has 1 saturated carbocycles. The molecule has 126 valence electrons. The average molecular weight is 302 g/mol. The first-order chi connectivity index (χ1) is 9.35. The van der Waals surface area contributed by atoms with E-state index in [1.165, 1.54) is 6.42 Å². The van der Waals surface area contributed by atoms with E-state index in [9.17, 15) is 0 Å². The molecule has 3 atom stereocenters. The van der Waals surface area contributed by atoms with Gasteiger partial charge in [-0.2, -0.15) is 9.78 Å².